The first-order valence-corrected chi connectivity index (χ1v) is 5.66. The van der Waals surface area contributed by atoms with Crippen LogP contribution in [0.25, 0.3) is 0 Å². The maximum Gasteiger partial charge on any atom is 0.239 e. The number of benzene rings is 1. The molecule has 0 unspecified atom stereocenters. The van der Waals surface area contributed by atoms with Crippen LogP contribution in [-0.2, 0) is 16.1 Å². The number of likely N-dealkylation sites (N-methyl/N-ethyl adjacent to an activating group) is 1. The van der Waals surface area contributed by atoms with Gasteiger partial charge in [-0.1, -0.05) is 12.1 Å². The van der Waals surface area contributed by atoms with Gasteiger partial charge < -0.3 is 15.8 Å². The number of ether oxygens (including phenoxy) is 1. The predicted octanol–water partition coefficient (Wildman–Crippen LogP) is 0.537. The van der Waals surface area contributed by atoms with Gasteiger partial charge in [-0.25, -0.2) is 0 Å². The number of carbonyl (C=O) groups excluding carboxylic acids is 1. The molecule has 0 spiro atoms. The van der Waals surface area contributed by atoms with E-state index in [1.54, 1.807) is 25.1 Å². The first-order chi connectivity index (χ1) is 8.58. The zero-order valence-electron chi connectivity index (χ0n) is 10.5. The summed E-state index contributed by atoms with van der Waals surface area (Å²) in [5.74, 6) is -0.256. The molecule has 1 amide bonds. The van der Waals surface area contributed by atoms with E-state index < -0.39 is 12.1 Å². The van der Waals surface area contributed by atoms with Crippen LogP contribution in [0.5, 0.6) is 0 Å². The quantitative estimate of drug-likeness (QED) is 0.794. The molecule has 0 bridgehead atoms. The van der Waals surface area contributed by atoms with Crippen molar-refractivity contribution in [1.82, 2.24) is 5.32 Å². The highest BCUT2D eigenvalue weighted by molar-refractivity contribution is 5.81. The number of nitrogens with one attached hydrogen (secondary N) is 1. The second-order valence-corrected chi connectivity index (χ2v) is 3.97. The molecule has 2 atom stereocenters. The topological polar surface area (TPSA) is 88.1 Å². The second kappa shape index (κ2) is 6.74. The van der Waals surface area contributed by atoms with Gasteiger partial charge in [-0.3, -0.25) is 4.79 Å². The highest BCUT2D eigenvalue weighted by Crippen LogP contribution is 2.08. The normalized spacial score (nSPS) is 13.4. The summed E-state index contributed by atoms with van der Waals surface area (Å²) in [5.41, 5.74) is 7.16. The molecule has 1 aromatic carbocycles. The van der Waals surface area contributed by atoms with E-state index in [1.807, 2.05) is 6.07 Å². The Morgan fingerprint density at radius 1 is 1.61 bits per heavy atom. The lowest BCUT2D eigenvalue weighted by Gasteiger charge is -2.19. The van der Waals surface area contributed by atoms with E-state index >= 15 is 0 Å². The fourth-order valence-electron chi connectivity index (χ4n) is 1.44. The minimum Gasteiger partial charge on any atom is -0.372 e. The van der Waals surface area contributed by atoms with Gasteiger partial charge in [0.15, 0.2) is 0 Å². The molecular weight excluding hydrogens is 230 g/mol. The molecule has 0 aliphatic rings. The number of hydrogen-bond donors (Lipinski definition) is 2. The van der Waals surface area contributed by atoms with Crippen LogP contribution in [0.3, 0.4) is 0 Å². The number of nitriles is 1. The number of rotatable bonds is 5. The number of hydrogen-bond acceptors (Lipinski definition) is 4. The minimum absolute atomic E-state index is 0.256. The third-order valence-corrected chi connectivity index (χ3v) is 2.62. The van der Waals surface area contributed by atoms with Crippen LogP contribution >= 0.6 is 0 Å². The van der Waals surface area contributed by atoms with Crippen LogP contribution in [0.1, 0.15) is 18.1 Å². The lowest BCUT2D eigenvalue weighted by molar-refractivity contribution is -0.125. The van der Waals surface area contributed by atoms with Gasteiger partial charge in [-0.15, -0.1) is 0 Å². The summed E-state index contributed by atoms with van der Waals surface area (Å²) in [7, 11) is 1.53. The van der Waals surface area contributed by atoms with E-state index in [1.165, 1.54) is 7.05 Å². The second-order valence-electron chi connectivity index (χ2n) is 3.97. The van der Waals surface area contributed by atoms with Gasteiger partial charge >= 0.3 is 0 Å². The molecule has 96 valence electrons. The van der Waals surface area contributed by atoms with E-state index in [0.29, 0.717) is 12.2 Å². The van der Waals surface area contributed by atoms with Crippen LogP contribution in [0.4, 0.5) is 0 Å². The van der Waals surface area contributed by atoms with Crippen LogP contribution in [0.15, 0.2) is 24.3 Å². The lowest BCUT2D eigenvalue weighted by atomic mass is 10.1. The smallest absolute Gasteiger partial charge is 0.239 e. The molecule has 0 aliphatic heterocycles. The Hall–Kier alpha value is -1.90. The summed E-state index contributed by atoms with van der Waals surface area (Å²) in [6, 6.07) is 8.49. The zero-order valence-corrected chi connectivity index (χ0v) is 10.5. The molecule has 0 saturated carbocycles. The fourth-order valence-corrected chi connectivity index (χ4v) is 1.44. The zero-order chi connectivity index (χ0) is 13.5. The molecule has 0 fully saturated rings. The fraction of sp³-hybridized carbons (Fsp3) is 0.385. The van der Waals surface area contributed by atoms with Crippen LogP contribution in [0, 0.1) is 11.3 Å². The molecule has 0 saturated heterocycles. The Labute approximate surface area is 107 Å². The van der Waals surface area contributed by atoms with Crippen LogP contribution in [-0.4, -0.2) is 25.1 Å². The first-order valence-electron chi connectivity index (χ1n) is 5.66. The molecule has 5 heteroatoms. The Balaban J connectivity index is 2.54. The first kappa shape index (κ1) is 14.2. The molecule has 3 N–H and O–H groups in total. The Bertz CT molecular complexity index is 454. The maximum absolute atomic E-state index is 11.3. The van der Waals surface area contributed by atoms with Crippen molar-refractivity contribution in [1.29, 1.82) is 5.26 Å². The van der Waals surface area contributed by atoms with Crippen molar-refractivity contribution in [3.63, 3.8) is 0 Å². The van der Waals surface area contributed by atoms with Crippen molar-refractivity contribution < 1.29 is 9.53 Å². The molecule has 5 nitrogen and oxygen atoms in total. The number of nitrogens with zero attached hydrogens (tertiary/aromatic N) is 1. The van der Waals surface area contributed by atoms with Gasteiger partial charge in [0.1, 0.15) is 6.04 Å². The molecule has 0 aromatic heterocycles. The SMILES string of the molecule is CNC(=O)[C@@H](N)[C@@H](C)OCc1cccc(C#N)c1. The average Bonchev–Trinajstić information content (AvgIpc) is 2.43. The van der Waals surface area contributed by atoms with Crippen molar-refractivity contribution in [2.75, 3.05) is 7.05 Å². The van der Waals surface area contributed by atoms with E-state index in [0.717, 1.165) is 5.56 Å². The van der Waals surface area contributed by atoms with Gasteiger partial charge in [0.2, 0.25) is 5.91 Å². The molecule has 1 aromatic rings. The largest absolute Gasteiger partial charge is 0.372 e. The van der Waals surface area contributed by atoms with Crippen molar-refractivity contribution in [3.05, 3.63) is 35.4 Å². The number of carbonyl (C=O) groups is 1. The molecular formula is C13H17N3O2. The number of amides is 1. The molecule has 0 heterocycles. The van der Waals surface area contributed by atoms with E-state index in [9.17, 15) is 4.79 Å². The van der Waals surface area contributed by atoms with Gasteiger partial charge in [-0.2, -0.15) is 5.26 Å². The van der Waals surface area contributed by atoms with Gasteiger partial charge in [0.05, 0.1) is 24.3 Å². The van der Waals surface area contributed by atoms with Gasteiger partial charge in [0, 0.05) is 7.05 Å². The highest BCUT2D eigenvalue weighted by atomic mass is 16.5. The monoisotopic (exact) mass is 247 g/mol. The highest BCUT2D eigenvalue weighted by Gasteiger charge is 2.20. The molecule has 1 rings (SSSR count). The standard InChI is InChI=1S/C13H17N3O2/c1-9(12(15)13(17)16-2)18-8-11-5-3-4-10(6-11)7-14/h3-6,9,12H,8,15H2,1-2H3,(H,16,17)/t9-,12+/m1/s1. The Morgan fingerprint density at radius 3 is 2.94 bits per heavy atom. The Morgan fingerprint density at radius 2 is 2.33 bits per heavy atom. The third-order valence-electron chi connectivity index (χ3n) is 2.62. The Kier molecular flexibility index (Phi) is 5.31. The van der Waals surface area contributed by atoms with Crippen molar-refractivity contribution in [2.45, 2.75) is 25.7 Å². The van der Waals surface area contributed by atoms with E-state index in [4.69, 9.17) is 15.7 Å². The maximum atomic E-state index is 11.3. The van der Waals surface area contributed by atoms with Crippen LogP contribution < -0.4 is 11.1 Å². The summed E-state index contributed by atoms with van der Waals surface area (Å²) < 4.78 is 5.52. The molecule has 0 aliphatic carbocycles. The third kappa shape index (κ3) is 3.84. The molecule has 18 heavy (non-hydrogen) atoms. The van der Waals surface area contributed by atoms with E-state index in [2.05, 4.69) is 11.4 Å². The summed E-state index contributed by atoms with van der Waals surface area (Å²) in [4.78, 5) is 11.3. The van der Waals surface area contributed by atoms with E-state index in [-0.39, 0.29) is 5.91 Å². The summed E-state index contributed by atoms with van der Waals surface area (Å²) in [6.07, 6.45) is -0.393. The van der Waals surface area contributed by atoms with Crippen molar-refractivity contribution >= 4 is 5.91 Å². The van der Waals surface area contributed by atoms with Gasteiger partial charge in [-0.05, 0) is 24.6 Å². The average molecular weight is 247 g/mol. The number of nitrogens with two attached hydrogens (primary N) is 1. The lowest BCUT2D eigenvalue weighted by Crippen LogP contribution is -2.46. The summed E-state index contributed by atoms with van der Waals surface area (Å²) in [5, 5.41) is 11.2. The minimum atomic E-state index is -0.700. The molecule has 0 radical (unpaired) electrons. The van der Waals surface area contributed by atoms with Crippen molar-refractivity contribution in [3.8, 4) is 6.07 Å². The van der Waals surface area contributed by atoms with Crippen LogP contribution in [0.2, 0.25) is 0 Å². The predicted molar refractivity (Wildman–Crippen MR) is 67.5 cm³/mol. The summed E-state index contributed by atoms with van der Waals surface area (Å²) >= 11 is 0. The van der Waals surface area contributed by atoms with Gasteiger partial charge in [0.25, 0.3) is 0 Å². The summed E-state index contributed by atoms with van der Waals surface area (Å²) in [6.45, 7) is 2.06. The van der Waals surface area contributed by atoms with Crippen molar-refractivity contribution in [2.24, 2.45) is 5.73 Å².